The molecular weight excluding hydrogens is 366 g/mol. The molecule has 0 amide bonds. The van der Waals surface area contributed by atoms with Crippen LogP contribution in [0.2, 0.25) is 0 Å². The van der Waals surface area contributed by atoms with E-state index in [0.717, 1.165) is 16.5 Å². The second kappa shape index (κ2) is 7.28. The first-order valence-electron chi connectivity index (χ1n) is 8.23. The van der Waals surface area contributed by atoms with Crippen molar-refractivity contribution in [3.8, 4) is 28.8 Å². The summed E-state index contributed by atoms with van der Waals surface area (Å²) in [7, 11) is 3.52. The Morgan fingerprint density at radius 3 is 2.59 bits per heavy atom. The highest BCUT2D eigenvalue weighted by atomic mass is 32.2. The van der Waals surface area contributed by atoms with Gasteiger partial charge in [0, 0.05) is 12.6 Å². The summed E-state index contributed by atoms with van der Waals surface area (Å²) in [6.45, 7) is 1.98. The largest absolute Gasteiger partial charge is 0.497 e. The first-order chi connectivity index (χ1) is 13.2. The van der Waals surface area contributed by atoms with E-state index in [1.54, 1.807) is 13.4 Å². The third kappa shape index (κ3) is 3.45. The predicted octanol–water partition coefficient (Wildman–Crippen LogP) is 3.99. The van der Waals surface area contributed by atoms with E-state index in [1.807, 2.05) is 54.9 Å². The van der Waals surface area contributed by atoms with Gasteiger partial charge in [-0.15, -0.1) is 20.4 Å². The molecule has 138 valence electrons. The van der Waals surface area contributed by atoms with Gasteiger partial charge in [-0.3, -0.25) is 0 Å². The van der Waals surface area contributed by atoms with Crippen LogP contribution < -0.4 is 4.74 Å². The molecule has 0 saturated heterocycles. The van der Waals surface area contributed by atoms with Crippen molar-refractivity contribution in [2.75, 3.05) is 7.11 Å². The summed E-state index contributed by atoms with van der Waals surface area (Å²) in [6, 6.07) is 11.1. The number of ether oxygens (including phenoxy) is 1. The number of rotatable bonds is 6. The van der Waals surface area contributed by atoms with Crippen LogP contribution >= 0.6 is 11.8 Å². The summed E-state index contributed by atoms with van der Waals surface area (Å²) in [5.41, 5.74) is 0.838. The Hall–Kier alpha value is -3.07. The quantitative estimate of drug-likeness (QED) is 0.462. The van der Waals surface area contributed by atoms with Crippen LogP contribution in [0.4, 0.5) is 0 Å². The van der Waals surface area contributed by atoms with Crippen molar-refractivity contribution >= 4 is 11.8 Å². The van der Waals surface area contributed by atoms with E-state index in [4.69, 9.17) is 13.6 Å². The molecule has 0 aliphatic heterocycles. The highest BCUT2D eigenvalue weighted by Crippen LogP contribution is 2.35. The number of hydrogen-bond acceptors (Lipinski definition) is 8. The summed E-state index contributed by atoms with van der Waals surface area (Å²) in [5, 5.41) is 17.4. The third-order valence-corrected chi connectivity index (χ3v) is 5.11. The first-order valence-corrected chi connectivity index (χ1v) is 9.11. The van der Waals surface area contributed by atoms with Crippen LogP contribution in [0.5, 0.6) is 5.75 Å². The van der Waals surface area contributed by atoms with Crippen molar-refractivity contribution in [2.24, 2.45) is 7.05 Å². The SMILES string of the molecule is COc1ccc(-c2nnc([C@@H](C)Sc3nnc(-c4ccco4)n3C)o2)cc1. The Bertz CT molecular complexity index is 1020. The normalized spacial score (nSPS) is 12.3. The van der Waals surface area contributed by atoms with Crippen molar-refractivity contribution in [3.05, 3.63) is 48.6 Å². The first kappa shape index (κ1) is 17.3. The minimum atomic E-state index is -0.0863. The molecule has 0 bridgehead atoms. The van der Waals surface area contributed by atoms with Crippen molar-refractivity contribution < 1.29 is 13.6 Å². The molecule has 0 N–H and O–H groups in total. The number of benzene rings is 1. The van der Waals surface area contributed by atoms with E-state index in [2.05, 4.69) is 20.4 Å². The Balaban J connectivity index is 1.51. The van der Waals surface area contributed by atoms with Gasteiger partial charge in [-0.05, 0) is 43.3 Å². The van der Waals surface area contributed by atoms with E-state index in [-0.39, 0.29) is 5.25 Å². The Morgan fingerprint density at radius 1 is 1.07 bits per heavy atom. The molecule has 0 aliphatic rings. The number of methoxy groups -OCH3 is 1. The van der Waals surface area contributed by atoms with Crippen molar-refractivity contribution in [1.29, 1.82) is 0 Å². The van der Waals surface area contributed by atoms with Crippen molar-refractivity contribution in [2.45, 2.75) is 17.3 Å². The maximum atomic E-state index is 5.84. The van der Waals surface area contributed by atoms with Gasteiger partial charge in [-0.2, -0.15) is 0 Å². The van der Waals surface area contributed by atoms with E-state index in [9.17, 15) is 0 Å². The molecule has 1 aromatic carbocycles. The predicted molar refractivity (Wildman–Crippen MR) is 99.3 cm³/mol. The molecule has 4 aromatic rings. The molecule has 0 radical (unpaired) electrons. The Kier molecular flexibility index (Phi) is 4.68. The van der Waals surface area contributed by atoms with E-state index >= 15 is 0 Å². The van der Waals surface area contributed by atoms with Gasteiger partial charge in [-0.1, -0.05) is 11.8 Å². The van der Waals surface area contributed by atoms with Gasteiger partial charge in [0.2, 0.25) is 11.8 Å². The van der Waals surface area contributed by atoms with Gasteiger partial charge in [0.15, 0.2) is 16.7 Å². The van der Waals surface area contributed by atoms with Gasteiger partial charge in [0.05, 0.1) is 18.6 Å². The molecule has 9 heteroatoms. The highest BCUT2D eigenvalue weighted by Gasteiger charge is 2.21. The zero-order valence-electron chi connectivity index (χ0n) is 15.0. The van der Waals surface area contributed by atoms with E-state index in [0.29, 0.717) is 23.4 Å². The molecule has 0 spiro atoms. The van der Waals surface area contributed by atoms with E-state index < -0.39 is 0 Å². The third-order valence-electron chi connectivity index (χ3n) is 3.98. The standard InChI is InChI=1S/C18H17N5O3S/c1-11(27-18-22-19-15(23(18)2)14-5-4-10-25-14)16-20-21-17(26-16)12-6-8-13(24-3)9-7-12/h4-11H,1-3H3/t11-/m1/s1. The van der Waals surface area contributed by atoms with Crippen LogP contribution in [-0.4, -0.2) is 32.1 Å². The fourth-order valence-corrected chi connectivity index (χ4v) is 3.34. The topological polar surface area (TPSA) is 92.0 Å². The maximum Gasteiger partial charge on any atom is 0.247 e. The van der Waals surface area contributed by atoms with Crippen LogP contribution in [0.25, 0.3) is 23.0 Å². The van der Waals surface area contributed by atoms with Crippen LogP contribution in [0.3, 0.4) is 0 Å². The summed E-state index contributed by atoms with van der Waals surface area (Å²) >= 11 is 1.49. The smallest absolute Gasteiger partial charge is 0.247 e. The molecule has 3 aromatic heterocycles. The van der Waals surface area contributed by atoms with Crippen molar-refractivity contribution in [3.63, 3.8) is 0 Å². The lowest BCUT2D eigenvalue weighted by molar-refractivity contribution is 0.415. The molecule has 0 saturated carbocycles. The minimum absolute atomic E-state index is 0.0863. The van der Waals surface area contributed by atoms with Gasteiger partial charge in [0.25, 0.3) is 0 Å². The average Bonchev–Trinajstić information content (AvgIpc) is 3.44. The van der Waals surface area contributed by atoms with Gasteiger partial charge in [-0.25, -0.2) is 0 Å². The number of thioether (sulfide) groups is 1. The number of hydrogen-bond donors (Lipinski definition) is 0. The average molecular weight is 383 g/mol. The summed E-state index contributed by atoms with van der Waals surface area (Å²) < 4.78 is 18.3. The monoisotopic (exact) mass is 383 g/mol. The number of furan rings is 1. The Morgan fingerprint density at radius 2 is 1.89 bits per heavy atom. The summed E-state index contributed by atoms with van der Waals surface area (Å²) in [6.07, 6.45) is 1.61. The second-order valence-corrected chi connectivity index (χ2v) is 7.08. The van der Waals surface area contributed by atoms with Crippen LogP contribution in [0.1, 0.15) is 18.1 Å². The Labute approximate surface area is 159 Å². The highest BCUT2D eigenvalue weighted by molar-refractivity contribution is 7.99. The molecule has 4 rings (SSSR count). The van der Waals surface area contributed by atoms with Crippen LogP contribution in [0.15, 0.2) is 56.7 Å². The van der Waals surface area contributed by atoms with E-state index in [1.165, 1.54) is 11.8 Å². The number of nitrogens with zero attached hydrogens (tertiary/aromatic N) is 5. The lowest BCUT2D eigenvalue weighted by Gasteiger charge is -2.06. The van der Waals surface area contributed by atoms with Gasteiger partial charge >= 0.3 is 0 Å². The molecule has 27 heavy (non-hydrogen) atoms. The van der Waals surface area contributed by atoms with Crippen molar-refractivity contribution in [1.82, 2.24) is 25.0 Å². The lowest BCUT2D eigenvalue weighted by atomic mass is 10.2. The molecular formula is C18H17N5O3S. The zero-order valence-corrected chi connectivity index (χ0v) is 15.8. The molecule has 3 heterocycles. The fourth-order valence-electron chi connectivity index (χ4n) is 2.50. The second-order valence-electron chi connectivity index (χ2n) is 5.78. The summed E-state index contributed by atoms with van der Waals surface area (Å²) in [4.78, 5) is 0. The lowest BCUT2D eigenvalue weighted by Crippen LogP contribution is -1.96. The zero-order chi connectivity index (χ0) is 18.8. The molecule has 8 nitrogen and oxygen atoms in total. The number of aromatic nitrogens is 5. The van der Waals surface area contributed by atoms with Gasteiger partial charge < -0.3 is 18.1 Å². The fraction of sp³-hybridized carbons (Fsp3) is 0.222. The summed E-state index contributed by atoms with van der Waals surface area (Å²) in [5.74, 6) is 3.10. The van der Waals surface area contributed by atoms with Crippen LogP contribution in [-0.2, 0) is 7.05 Å². The van der Waals surface area contributed by atoms with Gasteiger partial charge in [0.1, 0.15) is 5.75 Å². The molecule has 0 unspecified atom stereocenters. The van der Waals surface area contributed by atoms with Crippen LogP contribution in [0, 0.1) is 0 Å². The molecule has 0 aliphatic carbocycles. The molecule has 1 atom stereocenters. The molecule has 0 fully saturated rings. The minimum Gasteiger partial charge on any atom is -0.497 e. The maximum absolute atomic E-state index is 5.84.